The molecule has 2 unspecified atom stereocenters. The van der Waals surface area contributed by atoms with Gasteiger partial charge in [-0.05, 0) is 12.0 Å². The van der Waals surface area contributed by atoms with Crippen molar-refractivity contribution in [2.24, 2.45) is 18.9 Å². The molecule has 2 atom stereocenters. The summed E-state index contributed by atoms with van der Waals surface area (Å²) in [5, 5.41) is 13.3. The van der Waals surface area contributed by atoms with Gasteiger partial charge in [0.25, 0.3) is 0 Å². The number of hydrogen-bond donors (Lipinski definition) is 1. The Morgan fingerprint density at radius 1 is 1.62 bits per heavy atom. The largest absolute Gasteiger partial charge is 0.481 e. The average molecular weight is 223 g/mol. The first kappa shape index (κ1) is 11.1. The summed E-state index contributed by atoms with van der Waals surface area (Å²) in [7, 11) is 1.89. The lowest BCUT2D eigenvalue weighted by Gasteiger charge is -2.12. The molecule has 1 saturated heterocycles. The van der Waals surface area contributed by atoms with Crippen molar-refractivity contribution in [3.8, 4) is 0 Å². The van der Waals surface area contributed by atoms with Crippen molar-refractivity contribution in [3.63, 3.8) is 0 Å². The van der Waals surface area contributed by atoms with Gasteiger partial charge in [-0.15, -0.1) is 0 Å². The first-order chi connectivity index (χ1) is 7.56. The number of carbonyl (C=O) groups is 1. The van der Waals surface area contributed by atoms with E-state index >= 15 is 0 Å². The van der Waals surface area contributed by atoms with E-state index in [0.29, 0.717) is 6.54 Å². The molecule has 16 heavy (non-hydrogen) atoms. The maximum absolute atomic E-state index is 11.0. The van der Waals surface area contributed by atoms with Crippen LogP contribution in [0.4, 0.5) is 0 Å². The average Bonchev–Trinajstić information content (AvgIpc) is 2.73. The Hall–Kier alpha value is -1.36. The van der Waals surface area contributed by atoms with E-state index in [9.17, 15) is 4.79 Å². The van der Waals surface area contributed by atoms with Crippen LogP contribution in [0.5, 0.6) is 0 Å². The summed E-state index contributed by atoms with van der Waals surface area (Å²) < 4.78 is 1.77. The van der Waals surface area contributed by atoms with Crippen molar-refractivity contribution >= 4 is 5.97 Å². The summed E-state index contributed by atoms with van der Waals surface area (Å²) in [6.45, 7) is 4.22. The van der Waals surface area contributed by atoms with E-state index in [1.165, 1.54) is 0 Å². The number of likely N-dealkylation sites (tertiary alicyclic amines) is 1. The normalized spacial score (nSPS) is 26.1. The van der Waals surface area contributed by atoms with Crippen LogP contribution in [0.15, 0.2) is 12.3 Å². The molecule has 0 spiro atoms. The number of rotatable bonds is 3. The minimum absolute atomic E-state index is 0.223. The molecule has 2 heterocycles. The van der Waals surface area contributed by atoms with Gasteiger partial charge < -0.3 is 5.11 Å². The van der Waals surface area contributed by atoms with E-state index in [4.69, 9.17) is 5.11 Å². The molecule has 1 N–H and O–H groups in total. The second-order valence-electron chi connectivity index (χ2n) is 4.60. The first-order valence-electron chi connectivity index (χ1n) is 5.50. The predicted molar refractivity (Wildman–Crippen MR) is 58.8 cm³/mol. The van der Waals surface area contributed by atoms with Gasteiger partial charge in [-0.2, -0.15) is 5.10 Å². The van der Waals surface area contributed by atoms with Gasteiger partial charge in [0.1, 0.15) is 0 Å². The molecule has 0 bridgehead atoms. The van der Waals surface area contributed by atoms with Crippen LogP contribution >= 0.6 is 0 Å². The Bertz CT molecular complexity index is 388. The number of nitrogens with zero attached hydrogens (tertiary/aromatic N) is 3. The quantitative estimate of drug-likeness (QED) is 0.814. The summed E-state index contributed by atoms with van der Waals surface area (Å²) in [5.41, 5.74) is 1.00. The Kier molecular flexibility index (Phi) is 2.96. The number of carboxylic acid groups (broad SMARTS) is 1. The molecule has 1 aromatic heterocycles. The maximum Gasteiger partial charge on any atom is 0.308 e. The van der Waals surface area contributed by atoms with Crippen molar-refractivity contribution in [3.05, 3.63) is 18.0 Å². The minimum atomic E-state index is -0.684. The van der Waals surface area contributed by atoms with Crippen LogP contribution in [0, 0.1) is 11.8 Å². The number of aliphatic carboxylic acids is 1. The number of hydrogen-bond acceptors (Lipinski definition) is 3. The molecule has 0 amide bonds. The van der Waals surface area contributed by atoms with E-state index < -0.39 is 5.97 Å². The highest BCUT2D eigenvalue weighted by Crippen LogP contribution is 2.24. The van der Waals surface area contributed by atoms with E-state index in [1.54, 1.807) is 4.68 Å². The van der Waals surface area contributed by atoms with E-state index in [1.807, 2.05) is 26.2 Å². The molecule has 0 aromatic carbocycles. The molecule has 1 aliphatic heterocycles. The van der Waals surface area contributed by atoms with Crippen LogP contribution in [0.2, 0.25) is 0 Å². The fraction of sp³-hybridized carbons (Fsp3) is 0.636. The molecule has 2 rings (SSSR count). The molecule has 1 aliphatic rings. The molecule has 0 radical (unpaired) electrons. The van der Waals surface area contributed by atoms with Crippen LogP contribution in [-0.4, -0.2) is 38.8 Å². The highest BCUT2D eigenvalue weighted by Gasteiger charge is 2.34. The number of aryl methyl sites for hydroxylation is 1. The van der Waals surface area contributed by atoms with Gasteiger partial charge in [0.05, 0.1) is 11.6 Å². The minimum Gasteiger partial charge on any atom is -0.481 e. The SMILES string of the molecule is CC1CN(Cc2ccn(C)n2)CC1C(=O)O. The van der Waals surface area contributed by atoms with Crippen molar-refractivity contribution in [1.29, 1.82) is 0 Å². The topological polar surface area (TPSA) is 58.4 Å². The van der Waals surface area contributed by atoms with Crippen LogP contribution in [0.3, 0.4) is 0 Å². The fourth-order valence-corrected chi connectivity index (χ4v) is 2.29. The van der Waals surface area contributed by atoms with E-state index in [0.717, 1.165) is 18.8 Å². The lowest BCUT2D eigenvalue weighted by atomic mass is 9.99. The third-order valence-electron chi connectivity index (χ3n) is 3.16. The van der Waals surface area contributed by atoms with Gasteiger partial charge >= 0.3 is 5.97 Å². The second-order valence-corrected chi connectivity index (χ2v) is 4.60. The van der Waals surface area contributed by atoms with Gasteiger partial charge in [-0.3, -0.25) is 14.4 Å². The monoisotopic (exact) mass is 223 g/mol. The highest BCUT2D eigenvalue weighted by molar-refractivity contribution is 5.71. The summed E-state index contributed by atoms with van der Waals surface area (Å²) in [6.07, 6.45) is 1.91. The third kappa shape index (κ3) is 2.24. The van der Waals surface area contributed by atoms with Crippen molar-refractivity contribution in [1.82, 2.24) is 14.7 Å². The lowest BCUT2D eigenvalue weighted by molar-refractivity contribution is -0.142. The highest BCUT2D eigenvalue weighted by atomic mass is 16.4. The van der Waals surface area contributed by atoms with Crippen molar-refractivity contribution in [2.75, 3.05) is 13.1 Å². The molecule has 5 nitrogen and oxygen atoms in total. The van der Waals surface area contributed by atoms with Crippen LogP contribution in [-0.2, 0) is 18.4 Å². The van der Waals surface area contributed by atoms with Crippen LogP contribution < -0.4 is 0 Å². The molecule has 1 aromatic rings. The predicted octanol–water partition coefficient (Wildman–Crippen LogP) is 0.573. The number of aromatic nitrogens is 2. The summed E-state index contributed by atoms with van der Waals surface area (Å²) in [6, 6.07) is 1.97. The molecule has 88 valence electrons. The first-order valence-corrected chi connectivity index (χ1v) is 5.50. The van der Waals surface area contributed by atoms with E-state index in [-0.39, 0.29) is 11.8 Å². The van der Waals surface area contributed by atoms with Gasteiger partial charge in [0.15, 0.2) is 0 Å². The molecule has 0 saturated carbocycles. The standard InChI is InChI=1S/C11H17N3O2/c1-8-5-14(7-10(8)11(15)16)6-9-3-4-13(2)12-9/h3-4,8,10H,5-7H2,1-2H3,(H,15,16). The Labute approximate surface area is 94.7 Å². The molecule has 5 heteroatoms. The zero-order valence-corrected chi connectivity index (χ0v) is 9.63. The fourth-order valence-electron chi connectivity index (χ4n) is 2.29. The molecular formula is C11H17N3O2. The zero-order valence-electron chi connectivity index (χ0n) is 9.63. The number of carboxylic acids is 1. The van der Waals surface area contributed by atoms with Gasteiger partial charge in [-0.25, -0.2) is 0 Å². The molecular weight excluding hydrogens is 206 g/mol. The van der Waals surface area contributed by atoms with Crippen LogP contribution in [0.1, 0.15) is 12.6 Å². The Balaban J connectivity index is 1.96. The van der Waals surface area contributed by atoms with Gasteiger partial charge in [-0.1, -0.05) is 6.92 Å². The summed E-state index contributed by atoms with van der Waals surface area (Å²) in [5.74, 6) is -0.694. The zero-order chi connectivity index (χ0) is 11.7. The van der Waals surface area contributed by atoms with Crippen molar-refractivity contribution in [2.45, 2.75) is 13.5 Å². The van der Waals surface area contributed by atoms with Crippen molar-refractivity contribution < 1.29 is 9.90 Å². The van der Waals surface area contributed by atoms with E-state index in [2.05, 4.69) is 10.00 Å². The van der Waals surface area contributed by atoms with Gasteiger partial charge in [0.2, 0.25) is 0 Å². The molecule has 1 fully saturated rings. The second kappa shape index (κ2) is 4.25. The van der Waals surface area contributed by atoms with Crippen LogP contribution in [0.25, 0.3) is 0 Å². The lowest BCUT2D eigenvalue weighted by Crippen LogP contribution is -2.23. The summed E-state index contributed by atoms with van der Waals surface area (Å²) in [4.78, 5) is 13.1. The van der Waals surface area contributed by atoms with Gasteiger partial charge in [0, 0.05) is 32.9 Å². The summed E-state index contributed by atoms with van der Waals surface area (Å²) >= 11 is 0. The third-order valence-corrected chi connectivity index (χ3v) is 3.16. The molecule has 0 aliphatic carbocycles. The Morgan fingerprint density at radius 2 is 2.38 bits per heavy atom. The maximum atomic E-state index is 11.0. The smallest absolute Gasteiger partial charge is 0.308 e. The Morgan fingerprint density at radius 3 is 2.88 bits per heavy atom.